The number of rotatable bonds is 6. The third-order valence-electron chi connectivity index (χ3n) is 5.68. The maximum absolute atomic E-state index is 13.7. The van der Waals surface area contributed by atoms with Gasteiger partial charge in [-0.15, -0.1) is 11.3 Å². The Labute approximate surface area is 189 Å². The van der Waals surface area contributed by atoms with Crippen LogP contribution in [0, 0.1) is 29.6 Å². The van der Waals surface area contributed by atoms with E-state index in [4.69, 9.17) is 0 Å². The van der Waals surface area contributed by atoms with Gasteiger partial charge >= 0.3 is 5.97 Å². The van der Waals surface area contributed by atoms with Crippen molar-refractivity contribution in [3.63, 3.8) is 0 Å². The van der Waals surface area contributed by atoms with E-state index in [1.165, 1.54) is 9.80 Å². The molecule has 7 heteroatoms. The molecule has 1 aromatic heterocycles. The SMILES string of the molecule is CC[C@@H](C(=O)N(C)C)N(c1cc(C#CC(C)C)sc1C(=O)O)C(=O)[C@H]1CC[C@H](C)CC1. The van der Waals surface area contributed by atoms with E-state index in [0.29, 0.717) is 17.2 Å². The number of anilines is 1. The summed E-state index contributed by atoms with van der Waals surface area (Å²) in [6.07, 6.45) is 3.84. The molecule has 1 saturated carbocycles. The molecule has 1 fully saturated rings. The number of thiophene rings is 1. The average Bonchev–Trinajstić information content (AvgIpc) is 3.14. The third-order valence-corrected chi connectivity index (χ3v) is 6.70. The molecule has 1 aliphatic carbocycles. The van der Waals surface area contributed by atoms with Crippen LogP contribution in [0.4, 0.5) is 5.69 Å². The highest BCUT2D eigenvalue weighted by molar-refractivity contribution is 7.15. The van der Waals surface area contributed by atoms with Crippen LogP contribution in [0.1, 0.15) is 74.3 Å². The molecule has 1 heterocycles. The highest BCUT2D eigenvalue weighted by atomic mass is 32.1. The van der Waals surface area contributed by atoms with Crippen molar-refractivity contribution in [2.75, 3.05) is 19.0 Å². The van der Waals surface area contributed by atoms with E-state index in [0.717, 1.165) is 37.0 Å². The zero-order valence-corrected chi connectivity index (χ0v) is 20.2. The van der Waals surface area contributed by atoms with Crippen molar-refractivity contribution >= 4 is 34.8 Å². The average molecular weight is 447 g/mol. The van der Waals surface area contributed by atoms with Crippen molar-refractivity contribution in [3.05, 3.63) is 15.8 Å². The fourth-order valence-corrected chi connectivity index (χ4v) is 4.75. The number of aromatic carboxylic acids is 1. The Kier molecular flexibility index (Phi) is 8.69. The van der Waals surface area contributed by atoms with Crippen LogP contribution < -0.4 is 4.90 Å². The summed E-state index contributed by atoms with van der Waals surface area (Å²) >= 11 is 1.06. The molecule has 2 rings (SSSR count). The lowest BCUT2D eigenvalue weighted by Gasteiger charge is -2.36. The minimum Gasteiger partial charge on any atom is -0.477 e. The van der Waals surface area contributed by atoms with E-state index >= 15 is 0 Å². The first-order valence-electron chi connectivity index (χ1n) is 11.0. The Morgan fingerprint density at radius 1 is 1.19 bits per heavy atom. The predicted molar refractivity (Wildman–Crippen MR) is 124 cm³/mol. The largest absolute Gasteiger partial charge is 0.477 e. The van der Waals surface area contributed by atoms with Crippen LogP contribution >= 0.6 is 11.3 Å². The second kappa shape index (κ2) is 10.8. The Balaban J connectivity index is 2.59. The van der Waals surface area contributed by atoms with Gasteiger partial charge in [-0.3, -0.25) is 14.5 Å². The Hall–Kier alpha value is -2.33. The van der Waals surface area contributed by atoms with E-state index in [2.05, 4.69) is 18.8 Å². The number of carboxylic acids is 1. The van der Waals surface area contributed by atoms with Gasteiger partial charge in [0.25, 0.3) is 0 Å². The molecule has 0 aromatic carbocycles. The molecule has 170 valence electrons. The summed E-state index contributed by atoms with van der Waals surface area (Å²) in [4.78, 5) is 42.3. The van der Waals surface area contributed by atoms with Crippen molar-refractivity contribution in [3.8, 4) is 11.8 Å². The van der Waals surface area contributed by atoms with Crippen molar-refractivity contribution in [2.45, 2.75) is 65.8 Å². The summed E-state index contributed by atoms with van der Waals surface area (Å²) in [6, 6.07) is 0.916. The lowest BCUT2D eigenvalue weighted by molar-refractivity contribution is -0.133. The first kappa shape index (κ1) is 24.9. The number of carbonyl (C=O) groups excluding carboxylic acids is 2. The van der Waals surface area contributed by atoms with Crippen molar-refractivity contribution in [1.29, 1.82) is 0 Å². The van der Waals surface area contributed by atoms with Gasteiger partial charge in [0.1, 0.15) is 10.9 Å². The molecule has 0 radical (unpaired) electrons. The van der Waals surface area contributed by atoms with Gasteiger partial charge in [-0.1, -0.05) is 39.5 Å². The molecule has 1 atom stereocenters. The van der Waals surface area contributed by atoms with Gasteiger partial charge in [0.2, 0.25) is 11.8 Å². The topological polar surface area (TPSA) is 77.9 Å². The fraction of sp³-hybridized carbons (Fsp3) is 0.625. The van der Waals surface area contributed by atoms with E-state index in [1.807, 2.05) is 20.8 Å². The normalized spacial score (nSPS) is 19.3. The quantitative estimate of drug-likeness (QED) is 0.654. The van der Waals surface area contributed by atoms with Crippen LogP contribution in [0.3, 0.4) is 0 Å². The van der Waals surface area contributed by atoms with Gasteiger partial charge in [0.15, 0.2) is 0 Å². The monoisotopic (exact) mass is 446 g/mol. The van der Waals surface area contributed by atoms with E-state index in [9.17, 15) is 19.5 Å². The Morgan fingerprint density at radius 3 is 2.29 bits per heavy atom. The molecule has 1 N–H and O–H groups in total. The predicted octanol–water partition coefficient (Wildman–Crippen LogP) is 4.48. The minimum atomic E-state index is -1.11. The van der Waals surface area contributed by atoms with E-state index < -0.39 is 12.0 Å². The highest BCUT2D eigenvalue weighted by Gasteiger charge is 2.38. The van der Waals surface area contributed by atoms with Gasteiger partial charge in [-0.05, 0) is 44.1 Å². The molecule has 1 aliphatic rings. The summed E-state index contributed by atoms with van der Waals surface area (Å²) in [5.74, 6) is 5.11. The fourth-order valence-electron chi connectivity index (χ4n) is 3.90. The van der Waals surface area contributed by atoms with Crippen LogP contribution in [0.2, 0.25) is 0 Å². The Bertz CT molecular complexity index is 870. The molecule has 31 heavy (non-hydrogen) atoms. The first-order valence-corrected chi connectivity index (χ1v) is 11.8. The van der Waals surface area contributed by atoms with Gasteiger partial charge in [0.05, 0.1) is 10.6 Å². The summed E-state index contributed by atoms with van der Waals surface area (Å²) in [5.41, 5.74) is 0.288. The van der Waals surface area contributed by atoms with Crippen LogP contribution in [-0.2, 0) is 9.59 Å². The lowest BCUT2D eigenvalue weighted by Crippen LogP contribution is -2.51. The number of amides is 2. The zero-order valence-electron chi connectivity index (χ0n) is 19.4. The zero-order chi connectivity index (χ0) is 23.3. The molecule has 1 aromatic rings. The second-order valence-corrected chi connectivity index (χ2v) is 9.93. The number of carboxylic acid groups (broad SMARTS) is 1. The number of nitrogens with zero attached hydrogens (tertiary/aromatic N) is 2. The molecular weight excluding hydrogens is 412 g/mol. The maximum atomic E-state index is 13.7. The summed E-state index contributed by atoms with van der Waals surface area (Å²) in [5, 5.41) is 9.86. The molecule has 0 unspecified atom stereocenters. The van der Waals surface area contributed by atoms with Crippen molar-refractivity contribution < 1.29 is 19.5 Å². The number of likely N-dealkylation sites (N-methyl/N-ethyl adjacent to an activating group) is 1. The maximum Gasteiger partial charge on any atom is 0.348 e. The van der Waals surface area contributed by atoms with Gasteiger partial charge < -0.3 is 10.0 Å². The van der Waals surface area contributed by atoms with Crippen molar-refractivity contribution in [1.82, 2.24) is 4.90 Å². The smallest absolute Gasteiger partial charge is 0.348 e. The summed E-state index contributed by atoms with van der Waals surface area (Å²) in [6.45, 7) is 7.95. The number of hydrogen-bond donors (Lipinski definition) is 1. The van der Waals surface area contributed by atoms with Crippen molar-refractivity contribution in [2.24, 2.45) is 17.8 Å². The molecular formula is C24H34N2O4S. The molecule has 2 amide bonds. The van der Waals surface area contributed by atoms with Gasteiger partial charge in [-0.25, -0.2) is 4.79 Å². The molecule has 0 spiro atoms. The molecule has 6 nitrogen and oxygen atoms in total. The minimum absolute atomic E-state index is 0.0515. The number of hydrogen-bond acceptors (Lipinski definition) is 4. The van der Waals surface area contributed by atoms with Crippen LogP contribution in [0.25, 0.3) is 0 Å². The van der Waals surface area contributed by atoms with Gasteiger partial charge in [-0.2, -0.15) is 0 Å². The van der Waals surface area contributed by atoms with E-state index in [-0.39, 0.29) is 34.2 Å². The second-order valence-electron chi connectivity index (χ2n) is 8.88. The molecule has 0 bridgehead atoms. The lowest BCUT2D eigenvalue weighted by atomic mass is 9.82. The standard InChI is InChI=1S/C24H34N2O4S/c1-7-19(23(28)25(5)6)26(22(27)17-11-9-16(4)10-12-17)20-14-18(13-8-15(2)3)31-21(20)24(29)30/h14-17,19H,7,9-12H2,1-6H3,(H,29,30)/t16-,17-,19-/m0/s1. The van der Waals surface area contributed by atoms with Gasteiger partial charge in [0, 0.05) is 25.9 Å². The molecule has 0 saturated heterocycles. The summed E-state index contributed by atoms with van der Waals surface area (Å²) in [7, 11) is 3.31. The third kappa shape index (κ3) is 6.10. The highest BCUT2D eigenvalue weighted by Crippen LogP contribution is 2.36. The first-order chi connectivity index (χ1) is 14.6. The molecule has 0 aliphatic heterocycles. The summed E-state index contributed by atoms with van der Waals surface area (Å²) < 4.78 is 0. The Morgan fingerprint density at radius 2 is 1.81 bits per heavy atom. The van der Waals surface area contributed by atoms with Crippen LogP contribution in [0.5, 0.6) is 0 Å². The van der Waals surface area contributed by atoms with Crippen LogP contribution in [-0.4, -0.2) is 47.9 Å². The van der Waals surface area contributed by atoms with Crippen LogP contribution in [0.15, 0.2) is 6.07 Å². The number of carbonyl (C=O) groups is 3. The van der Waals surface area contributed by atoms with E-state index in [1.54, 1.807) is 20.2 Å².